The summed E-state index contributed by atoms with van der Waals surface area (Å²) in [6.07, 6.45) is 2.73. The molecule has 5 rings (SSSR count). The van der Waals surface area contributed by atoms with Crippen molar-refractivity contribution in [2.24, 2.45) is 0 Å². The maximum Gasteiger partial charge on any atom is 0.262 e. The number of benzene rings is 2. The second-order valence-electron chi connectivity index (χ2n) is 8.40. The number of rotatable bonds is 7. The second kappa shape index (κ2) is 9.58. The van der Waals surface area contributed by atoms with Crippen LogP contribution in [0.3, 0.4) is 0 Å². The van der Waals surface area contributed by atoms with Gasteiger partial charge in [0.1, 0.15) is 5.75 Å². The third-order valence-corrected chi connectivity index (χ3v) is 7.57. The molecule has 34 heavy (non-hydrogen) atoms. The summed E-state index contributed by atoms with van der Waals surface area (Å²) in [5, 5.41) is 0.672. The number of amides is 1. The highest BCUT2D eigenvalue weighted by Gasteiger charge is 2.28. The Labute approximate surface area is 201 Å². The zero-order valence-corrected chi connectivity index (χ0v) is 20.1. The molecule has 178 valence electrons. The molecule has 0 bridgehead atoms. The molecule has 1 atom stereocenters. The Morgan fingerprint density at radius 2 is 1.85 bits per heavy atom. The number of hydrogen-bond acceptors (Lipinski definition) is 7. The summed E-state index contributed by atoms with van der Waals surface area (Å²) in [7, 11) is 1.62. The molecule has 1 amide bonds. The molecule has 3 heterocycles. The highest BCUT2D eigenvalue weighted by molar-refractivity contribution is 8.00. The van der Waals surface area contributed by atoms with Crippen LogP contribution in [0.15, 0.2) is 46.3 Å². The smallest absolute Gasteiger partial charge is 0.262 e. The van der Waals surface area contributed by atoms with Crippen molar-refractivity contribution in [1.29, 1.82) is 0 Å². The van der Waals surface area contributed by atoms with Gasteiger partial charge in [0.25, 0.3) is 5.56 Å². The Morgan fingerprint density at radius 1 is 1.15 bits per heavy atom. The largest absolute Gasteiger partial charge is 0.497 e. The number of carbonyl (C=O) groups excluding carboxylic acids is 1. The van der Waals surface area contributed by atoms with Gasteiger partial charge in [-0.3, -0.25) is 14.2 Å². The van der Waals surface area contributed by atoms with Crippen LogP contribution in [0.25, 0.3) is 10.9 Å². The van der Waals surface area contributed by atoms with E-state index in [2.05, 4.69) is 0 Å². The number of hydrogen-bond donors (Lipinski definition) is 0. The average Bonchev–Trinajstić information content (AvgIpc) is 3.56. The molecule has 2 aliphatic heterocycles. The molecular formula is C25H27N3O5S. The van der Waals surface area contributed by atoms with Crippen molar-refractivity contribution in [3.63, 3.8) is 0 Å². The van der Waals surface area contributed by atoms with Gasteiger partial charge < -0.3 is 19.1 Å². The Hall–Kier alpha value is -3.20. The molecule has 1 aromatic heterocycles. The molecule has 1 fully saturated rings. The predicted molar refractivity (Wildman–Crippen MR) is 130 cm³/mol. The first-order valence-corrected chi connectivity index (χ1v) is 12.4. The van der Waals surface area contributed by atoms with E-state index in [1.807, 2.05) is 36.1 Å². The minimum absolute atomic E-state index is 0.112. The molecule has 8 nitrogen and oxygen atoms in total. The molecule has 0 aliphatic carbocycles. The lowest BCUT2D eigenvalue weighted by molar-refractivity contribution is -0.129. The van der Waals surface area contributed by atoms with Gasteiger partial charge in [0.05, 0.1) is 29.8 Å². The van der Waals surface area contributed by atoms with E-state index in [4.69, 9.17) is 19.2 Å². The van der Waals surface area contributed by atoms with Crippen molar-refractivity contribution >= 4 is 28.6 Å². The number of fused-ring (bicyclic) bond motifs is 2. The van der Waals surface area contributed by atoms with Crippen molar-refractivity contribution in [3.05, 3.63) is 52.3 Å². The number of methoxy groups -OCH3 is 1. The summed E-state index contributed by atoms with van der Waals surface area (Å²) in [6, 6.07) is 11.0. The van der Waals surface area contributed by atoms with Gasteiger partial charge in [-0.15, -0.1) is 0 Å². The number of aromatic nitrogens is 2. The number of ether oxygens (including phenoxy) is 3. The molecule has 2 aromatic carbocycles. The lowest BCUT2D eigenvalue weighted by atomic mass is 10.2. The second-order valence-corrected chi connectivity index (χ2v) is 9.57. The van der Waals surface area contributed by atoms with E-state index in [1.54, 1.807) is 23.8 Å². The first-order chi connectivity index (χ1) is 16.6. The zero-order chi connectivity index (χ0) is 23.7. The summed E-state index contributed by atoms with van der Waals surface area (Å²) >= 11 is 1.36. The maximum absolute atomic E-state index is 13.7. The summed E-state index contributed by atoms with van der Waals surface area (Å²) in [6.45, 7) is 4.04. The summed E-state index contributed by atoms with van der Waals surface area (Å²) in [5.74, 6) is 1.97. The Kier molecular flexibility index (Phi) is 6.36. The van der Waals surface area contributed by atoms with Crippen LogP contribution in [0.4, 0.5) is 0 Å². The van der Waals surface area contributed by atoms with E-state index in [0.717, 1.165) is 37.2 Å². The van der Waals surface area contributed by atoms with Crippen molar-refractivity contribution < 1.29 is 19.0 Å². The van der Waals surface area contributed by atoms with Crippen LogP contribution in [-0.2, 0) is 11.3 Å². The van der Waals surface area contributed by atoms with Crippen LogP contribution in [0.2, 0.25) is 0 Å². The molecule has 2 aliphatic rings. The van der Waals surface area contributed by atoms with Crippen LogP contribution in [-0.4, -0.2) is 52.6 Å². The van der Waals surface area contributed by atoms with Gasteiger partial charge in [-0.05, 0) is 43.0 Å². The van der Waals surface area contributed by atoms with Crippen LogP contribution < -0.4 is 19.8 Å². The van der Waals surface area contributed by atoms with Gasteiger partial charge in [-0.2, -0.15) is 0 Å². The first kappa shape index (κ1) is 22.6. The van der Waals surface area contributed by atoms with Crippen LogP contribution in [0.5, 0.6) is 17.2 Å². The van der Waals surface area contributed by atoms with E-state index >= 15 is 0 Å². The first-order valence-electron chi connectivity index (χ1n) is 11.5. The van der Waals surface area contributed by atoms with E-state index in [0.29, 0.717) is 40.5 Å². The molecule has 9 heteroatoms. The molecule has 0 unspecified atom stereocenters. The highest BCUT2D eigenvalue weighted by Crippen LogP contribution is 2.36. The Balaban J connectivity index is 1.57. The normalized spacial score (nSPS) is 15.6. The van der Waals surface area contributed by atoms with E-state index in [9.17, 15) is 9.59 Å². The SMILES string of the molecule is CC[C@H](Sc1nc2cc3c(cc2c(=O)n1Cc1ccc(OC)cc1)OCO3)C(=O)N1CCCC1. The fraction of sp³-hybridized carbons (Fsp3) is 0.400. The minimum Gasteiger partial charge on any atom is -0.497 e. The van der Waals surface area contributed by atoms with E-state index in [1.165, 1.54) is 11.8 Å². The van der Waals surface area contributed by atoms with Crippen molar-refractivity contribution in [2.75, 3.05) is 27.0 Å². The number of carbonyl (C=O) groups is 1. The monoisotopic (exact) mass is 481 g/mol. The van der Waals surface area contributed by atoms with Crippen molar-refractivity contribution in [2.45, 2.75) is 43.1 Å². The Bertz CT molecular complexity index is 1270. The highest BCUT2D eigenvalue weighted by atomic mass is 32.2. The fourth-order valence-electron chi connectivity index (χ4n) is 4.31. The third-order valence-electron chi connectivity index (χ3n) is 6.22. The molecule has 0 saturated carbocycles. The van der Waals surface area contributed by atoms with Gasteiger partial charge in [0.2, 0.25) is 12.7 Å². The minimum atomic E-state index is -0.307. The fourth-order valence-corrected chi connectivity index (χ4v) is 5.41. The molecule has 0 N–H and O–H groups in total. The summed E-state index contributed by atoms with van der Waals surface area (Å²) in [4.78, 5) is 33.6. The van der Waals surface area contributed by atoms with Gasteiger partial charge >= 0.3 is 0 Å². The van der Waals surface area contributed by atoms with Crippen LogP contribution >= 0.6 is 11.8 Å². The lowest BCUT2D eigenvalue weighted by Crippen LogP contribution is -2.36. The molecule has 0 spiro atoms. The molecule has 0 radical (unpaired) electrons. The van der Waals surface area contributed by atoms with Crippen molar-refractivity contribution in [1.82, 2.24) is 14.5 Å². The van der Waals surface area contributed by atoms with E-state index in [-0.39, 0.29) is 23.5 Å². The van der Waals surface area contributed by atoms with Crippen molar-refractivity contribution in [3.8, 4) is 17.2 Å². The van der Waals surface area contributed by atoms with E-state index < -0.39 is 0 Å². The van der Waals surface area contributed by atoms with Gasteiger partial charge in [-0.1, -0.05) is 30.8 Å². The molecular weight excluding hydrogens is 454 g/mol. The topological polar surface area (TPSA) is 82.9 Å². The predicted octanol–water partition coefficient (Wildman–Crippen LogP) is 3.68. The molecule has 3 aromatic rings. The summed E-state index contributed by atoms with van der Waals surface area (Å²) < 4.78 is 17.9. The standard InChI is InChI=1S/C25H27N3O5S/c1-3-22(24(30)27-10-4-5-11-27)34-25-26-19-13-21-20(32-15-33-21)12-18(19)23(29)28(25)14-16-6-8-17(31-2)9-7-16/h6-9,12-13,22H,3-5,10-11,14-15H2,1-2H3/t22-/m0/s1. The third kappa shape index (κ3) is 4.32. The van der Waals surface area contributed by atoms with Gasteiger partial charge in [-0.25, -0.2) is 4.98 Å². The number of nitrogens with zero attached hydrogens (tertiary/aromatic N) is 3. The van der Waals surface area contributed by atoms with Gasteiger partial charge in [0.15, 0.2) is 16.7 Å². The number of likely N-dealkylation sites (tertiary alicyclic amines) is 1. The Morgan fingerprint density at radius 3 is 2.53 bits per heavy atom. The quantitative estimate of drug-likeness (QED) is 0.376. The maximum atomic E-state index is 13.7. The average molecular weight is 482 g/mol. The van der Waals surface area contributed by atoms with Crippen LogP contribution in [0, 0.1) is 0 Å². The van der Waals surface area contributed by atoms with Gasteiger partial charge in [0, 0.05) is 19.2 Å². The lowest BCUT2D eigenvalue weighted by Gasteiger charge is -2.23. The zero-order valence-electron chi connectivity index (χ0n) is 19.3. The van der Waals surface area contributed by atoms with Crippen LogP contribution in [0.1, 0.15) is 31.7 Å². The molecule has 1 saturated heterocycles. The summed E-state index contributed by atoms with van der Waals surface area (Å²) in [5.41, 5.74) is 1.29. The number of thioether (sulfide) groups is 1.